The van der Waals surface area contributed by atoms with Gasteiger partial charge < -0.3 is 15.4 Å². The average Bonchev–Trinajstić information content (AvgIpc) is 2.70. The number of anilines is 1. The van der Waals surface area contributed by atoms with Crippen LogP contribution in [0, 0.1) is 0 Å². The summed E-state index contributed by atoms with van der Waals surface area (Å²) in [7, 11) is 0. The third-order valence-electron chi connectivity index (χ3n) is 3.95. The van der Waals surface area contributed by atoms with Crippen molar-refractivity contribution in [3.05, 3.63) is 88.9 Å². The molecule has 0 aliphatic heterocycles. The molecule has 142 valence electrons. The Morgan fingerprint density at radius 1 is 0.893 bits per heavy atom. The lowest BCUT2D eigenvalue weighted by Crippen LogP contribution is -2.19. The molecule has 0 saturated heterocycles. The molecule has 0 unspecified atom stereocenters. The monoisotopic (exact) mass is 394 g/mol. The quantitative estimate of drug-likeness (QED) is 0.616. The fraction of sp³-hybridized carbons (Fsp3) is 0.0909. The zero-order valence-corrected chi connectivity index (χ0v) is 16.0. The van der Waals surface area contributed by atoms with Crippen LogP contribution in [0.1, 0.15) is 22.8 Å². The largest absolute Gasteiger partial charge is 0.454 e. The predicted octanol–water partition coefficient (Wildman–Crippen LogP) is 5.02. The van der Waals surface area contributed by atoms with E-state index in [9.17, 15) is 9.59 Å². The Labute approximate surface area is 168 Å². The van der Waals surface area contributed by atoms with Crippen molar-refractivity contribution in [1.29, 1.82) is 0 Å². The van der Waals surface area contributed by atoms with Crippen molar-refractivity contribution in [3.63, 3.8) is 0 Å². The third kappa shape index (κ3) is 5.11. The normalized spacial score (nSPS) is 10.2. The van der Waals surface area contributed by atoms with E-state index in [1.807, 2.05) is 24.3 Å². The molecule has 3 aromatic carbocycles. The van der Waals surface area contributed by atoms with Crippen LogP contribution in [0.4, 0.5) is 5.69 Å². The van der Waals surface area contributed by atoms with Crippen LogP contribution >= 0.6 is 11.6 Å². The summed E-state index contributed by atoms with van der Waals surface area (Å²) in [6.45, 7) is 1.88. The number of rotatable bonds is 6. The summed E-state index contributed by atoms with van der Waals surface area (Å²) >= 11 is 6.15. The molecule has 5 nitrogen and oxygen atoms in total. The van der Waals surface area contributed by atoms with Crippen molar-refractivity contribution in [3.8, 4) is 11.5 Å². The van der Waals surface area contributed by atoms with Gasteiger partial charge in [-0.1, -0.05) is 48.0 Å². The second kappa shape index (κ2) is 9.06. The van der Waals surface area contributed by atoms with Crippen LogP contribution in [-0.4, -0.2) is 11.8 Å². The first kappa shape index (κ1) is 19.5. The van der Waals surface area contributed by atoms with E-state index in [4.69, 9.17) is 16.3 Å². The smallest absolute Gasteiger partial charge is 0.255 e. The van der Waals surface area contributed by atoms with Gasteiger partial charge in [0.1, 0.15) is 5.75 Å². The molecule has 0 fully saturated rings. The van der Waals surface area contributed by atoms with Crippen molar-refractivity contribution in [2.45, 2.75) is 13.5 Å². The van der Waals surface area contributed by atoms with Crippen molar-refractivity contribution < 1.29 is 14.3 Å². The van der Waals surface area contributed by atoms with Gasteiger partial charge in [-0.25, -0.2) is 0 Å². The topological polar surface area (TPSA) is 67.4 Å². The fourth-order valence-electron chi connectivity index (χ4n) is 2.50. The molecule has 0 aliphatic carbocycles. The van der Waals surface area contributed by atoms with Crippen LogP contribution in [-0.2, 0) is 11.3 Å². The summed E-state index contributed by atoms with van der Waals surface area (Å²) in [5, 5.41) is 6.06. The number of carbonyl (C=O) groups is 2. The van der Waals surface area contributed by atoms with Gasteiger partial charge in [0, 0.05) is 19.0 Å². The highest BCUT2D eigenvalue weighted by Crippen LogP contribution is 2.33. The van der Waals surface area contributed by atoms with Crippen LogP contribution in [0.5, 0.6) is 11.5 Å². The summed E-state index contributed by atoms with van der Waals surface area (Å²) in [4.78, 5) is 23.6. The maximum Gasteiger partial charge on any atom is 0.255 e. The van der Waals surface area contributed by atoms with E-state index in [1.165, 1.54) is 6.92 Å². The van der Waals surface area contributed by atoms with Gasteiger partial charge in [-0.05, 0) is 42.0 Å². The molecule has 0 atom stereocenters. The number of nitrogens with one attached hydrogen (secondary N) is 2. The molecule has 3 aromatic rings. The molecule has 0 radical (unpaired) electrons. The van der Waals surface area contributed by atoms with E-state index in [1.54, 1.807) is 48.5 Å². The highest BCUT2D eigenvalue weighted by Gasteiger charge is 2.11. The predicted molar refractivity (Wildman–Crippen MR) is 110 cm³/mol. The summed E-state index contributed by atoms with van der Waals surface area (Å²) < 4.78 is 5.86. The van der Waals surface area contributed by atoms with Gasteiger partial charge in [-0.3, -0.25) is 9.59 Å². The van der Waals surface area contributed by atoms with Crippen molar-refractivity contribution in [1.82, 2.24) is 5.32 Å². The van der Waals surface area contributed by atoms with Crippen LogP contribution < -0.4 is 15.4 Å². The molecule has 2 N–H and O–H groups in total. The lowest BCUT2D eigenvalue weighted by atomic mass is 10.1. The molecular formula is C22H19ClN2O3. The Morgan fingerprint density at radius 3 is 2.21 bits per heavy atom. The van der Waals surface area contributed by atoms with Crippen molar-refractivity contribution >= 4 is 29.1 Å². The molecule has 0 spiro atoms. The summed E-state index contributed by atoms with van der Waals surface area (Å²) in [5.41, 5.74) is 1.95. The second-order valence-electron chi connectivity index (χ2n) is 6.09. The molecule has 2 amide bonds. The van der Waals surface area contributed by atoms with Crippen molar-refractivity contribution in [2.24, 2.45) is 0 Å². The molecule has 0 aromatic heterocycles. The Morgan fingerprint density at radius 2 is 1.54 bits per heavy atom. The summed E-state index contributed by atoms with van der Waals surface area (Å²) in [6, 6.07) is 21.3. The number of hydrogen-bond donors (Lipinski definition) is 2. The Hall–Kier alpha value is -3.31. The SMILES string of the molecule is CC(=O)NCc1ccc(C(=O)Nc2ccccc2Oc2ccccc2Cl)cc1. The van der Waals surface area contributed by atoms with Gasteiger partial charge >= 0.3 is 0 Å². The summed E-state index contributed by atoms with van der Waals surface area (Å²) in [6.07, 6.45) is 0. The molecule has 0 heterocycles. The zero-order valence-electron chi connectivity index (χ0n) is 15.2. The first-order valence-corrected chi connectivity index (χ1v) is 9.07. The molecule has 28 heavy (non-hydrogen) atoms. The minimum atomic E-state index is -0.263. The number of amides is 2. The van der Waals surface area contributed by atoms with Gasteiger partial charge in [-0.2, -0.15) is 0 Å². The minimum absolute atomic E-state index is 0.100. The standard InChI is InChI=1S/C22H19ClN2O3/c1-15(26)24-14-16-10-12-17(13-11-16)22(27)25-19-7-3-5-9-21(19)28-20-8-4-2-6-18(20)23/h2-13H,14H2,1H3,(H,24,26)(H,25,27). The molecule has 3 rings (SSSR count). The Balaban J connectivity index is 1.72. The van der Waals surface area contributed by atoms with Crippen LogP contribution in [0.25, 0.3) is 0 Å². The summed E-state index contributed by atoms with van der Waals surface area (Å²) in [5.74, 6) is 0.637. The molecule has 6 heteroatoms. The highest BCUT2D eigenvalue weighted by atomic mass is 35.5. The minimum Gasteiger partial charge on any atom is -0.454 e. The second-order valence-corrected chi connectivity index (χ2v) is 6.50. The number of carbonyl (C=O) groups excluding carboxylic acids is 2. The van der Waals surface area contributed by atoms with E-state index in [2.05, 4.69) is 10.6 Å². The van der Waals surface area contributed by atoms with Gasteiger partial charge in [-0.15, -0.1) is 0 Å². The first-order chi connectivity index (χ1) is 13.5. The van der Waals surface area contributed by atoms with Gasteiger partial charge in [0.25, 0.3) is 5.91 Å². The Kier molecular flexibility index (Phi) is 6.29. The Bertz CT molecular complexity index is 987. The van der Waals surface area contributed by atoms with Crippen LogP contribution in [0.15, 0.2) is 72.8 Å². The van der Waals surface area contributed by atoms with Crippen LogP contribution in [0.3, 0.4) is 0 Å². The average molecular weight is 395 g/mol. The van der Waals surface area contributed by atoms with E-state index in [-0.39, 0.29) is 11.8 Å². The third-order valence-corrected chi connectivity index (χ3v) is 4.26. The lowest BCUT2D eigenvalue weighted by molar-refractivity contribution is -0.119. The number of para-hydroxylation sites is 3. The fourth-order valence-corrected chi connectivity index (χ4v) is 2.67. The van der Waals surface area contributed by atoms with Crippen molar-refractivity contribution in [2.75, 3.05) is 5.32 Å². The van der Waals surface area contributed by atoms with Gasteiger partial charge in [0.2, 0.25) is 5.91 Å². The number of ether oxygens (including phenoxy) is 1. The number of halogens is 1. The van der Waals surface area contributed by atoms with Crippen LogP contribution in [0.2, 0.25) is 5.02 Å². The molecule has 0 saturated carbocycles. The first-order valence-electron chi connectivity index (χ1n) is 8.69. The maximum atomic E-state index is 12.6. The molecular weight excluding hydrogens is 376 g/mol. The molecule has 0 bridgehead atoms. The molecule has 0 aliphatic rings. The van der Waals surface area contributed by atoms with Gasteiger partial charge in [0.15, 0.2) is 5.75 Å². The zero-order chi connectivity index (χ0) is 19.9. The van der Waals surface area contributed by atoms with E-state index in [0.717, 1.165) is 5.56 Å². The van der Waals surface area contributed by atoms with E-state index < -0.39 is 0 Å². The highest BCUT2D eigenvalue weighted by molar-refractivity contribution is 6.32. The van der Waals surface area contributed by atoms with Gasteiger partial charge in [0.05, 0.1) is 10.7 Å². The van der Waals surface area contributed by atoms with E-state index >= 15 is 0 Å². The lowest BCUT2D eigenvalue weighted by Gasteiger charge is -2.13. The number of hydrogen-bond acceptors (Lipinski definition) is 3. The van der Waals surface area contributed by atoms with E-state index in [0.29, 0.717) is 34.3 Å². The maximum absolute atomic E-state index is 12.6. The number of benzene rings is 3.